The lowest BCUT2D eigenvalue weighted by atomic mass is 10.1. The highest BCUT2D eigenvalue weighted by Crippen LogP contribution is 2.30. The molecule has 1 aliphatic rings. The van der Waals surface area contributed by atoms with Crippen LogP contribution in [0.1, 0.15) is 5.56 Å². The smallest absolute Gasteiger partial charge is 0.175 e. The first-order chi connectivity index (χ1) is 15.9. The fourth-order valence-corrected chi connectivity index (χ4v) is 4.57. The molecule has 0 saturated carbocycles. The van der Waals surface area contributed by atoms with Crippen molar-refractivity contribution in [3.8, 4) is 11.3 Å². The van der Waals surface area contributed by atoms with Crippen LogP contribution >= 0.6 is 0 Å². The fourth-order valence-electron chi connectivity index (χ4n) is 3.94. The number of H-pyrrole nitrogens is 1. The first-order valence-electron chi connectivity index (χ1n) is 10.5. The zero-order valence-electron chi connectivity index (χ0n) is 17.9. The molecule has 4 heterocycles. The van der Waals surface area contributed by atoms with E-state index in [1.807, 2.05) is 6.07 Å². The maximum Gasteiger partial charge on any atom is 0.175 e. The molecule has 0 radical (unpaired) electrons. The molecule has 0 atom stereocenters. The van der Waals surface area contributed by atoms with Gasteiger partial charge in [-0.3, -0.25) is 15.0 Å². The van der Waals surface area contributed by atoms with Crippen molar-refractivity contribution in [3.05, 3.63) is 60.4 Å². The van der Waals surface area contributed by atoms with Crippen molar-refractivity contribution in [2.24, 2.45) is 0 Å². The van der Waals surface area contributed by atoms with E-state index in [2.05, 4.69) is 25.0 Å². The highest BCUT2D eigenvalue weighted by Gasteiger charge is 2.24. The molecular formula is C22H22FN7O2S. The molecule has 33 heavy (non-hydrogen) atoms. The van der Waals surface area contributed by atoms with Crippen molar-refractivity contribution in [1.29, 1.82) is 0 Å². The molecule has 0 amide bonds. The number of hydrogen-bond acceptors (Lipinski definition) is 8. The van der Waals surface area contributed by atoms with Crippen LogP contribution in [-0.2, 0) is 16.4 Å². The molecule has 9 nitrogen and oxygen atoms in total. The molecule has 4 aromatic rings. The Morgan fingerprint density at radius 3 is 2.58 bits per heavy atom. The number of rotatable bonds is 5. The highest BCUT2D eigenvalue weighted by atomic mass is 32.2. The Labute approximate surface area is 190 Å². The zero-order valence-corrected chi connectivity index (χ0v) is 18.8. The summed E-state index contributed by atoms with van der Waals surface area (Å²) in [4.78, 5) is 18.1. The Hall–Kier alpha value is -3.44. The zero-order chi connectivity index (χ0) is 23.0. The second-order valence-electron chi connectivity index (χ2n) is 8.04. The van der Waals surface area contributed by atoms with Crippen LogP contribution in [0.3, 0.4) is 0 Å². The minimum atomic E-state index is -3.44. The molecule has 1 fully saturated rings. The maximum atomic E-state index is 14.5. The van der Waals surface area contributed by atoms with E-state index in [1.54, 1.807) is 30.9 Å². The van der Waals surface area contributed by atoms with Crippen molar-refractivity contribution in [2.75, 3.05) is 37.3 Å². The Morgan fingerprint density at radius 1 is 1.06 bits per heavy atom. The summed E-state index contributed by atoms with van der Waals surface area (Å²) in [5, 5.41) is 6.87. The molecule has 1 N–H and O–H groups in total. The van der Waals surface area contributed by atoms with E-state index >= 15 is 0 Å². The maximum absolute atomic E-state index is 14.5. The van der Waals surface area contributed by atoms with Gasteiger partial charge < -0.3 is 4.90 Å². The van der Waals surface area contributed by atoms with Gasteiger partial charge in [0.1, 0.15) is 17.0 Å². The van der Waals surface area contributed by atoms with Gasteiger partial charge in [0.15, 0.2) is 15.7 Å². The predicted molar refractivity (Wildman–Crippen MR) is 122 cm³/mol. The number of hydrogen-bond donors (Lipinski definition) is 1. The third-order valence-electron chi connectivity index (χ3n) is 5.74. The average Bonchev–Trinajstić information content (AvgIpc) is 3.34. The number of nitrogens with one attached hydrogen (secondary N) is 1. The summed E-state index contributed by atoms with van der Waals surface area (Å²) < 4.78 is 37.8. The SMILES string of the molecule is CS(=O)(=O)c1ccc(CN2CCN(c3nc4ccncc4nc3-c3cn[nH]c3)CC2)c(F)c1. The van der Waals surface area contributed by atoms with Crippen LogP contribution in [-0.4, -0.2) is 70.9 Å². The molecule has 0 spiro atoms. The van der Waals surface area contributed by atoms with E-state index in [1.165, 1.54) is 6.07 Å². The molecule has 11 heteroatoms. The molecule has 3 aromatic heterocycles. The second kappa shape index (κ2) is 8.49. The van der Waals surface area contributed by atoms with E-state index in [4.69, 9.17) is 9.97 Å². The number of fused-ring (bicyclic) bond motifs is 1. The molecule has 1 aliphatic heterocycles. The lowest BCUT2D eigenvalue weighted by Crippen LogP contribution is -2.46. The van der Waals surface area contributed by atoms with Gasteiger partial charge in [-0.05, 0) is 18.2 Å². The highest BCUT2D eigenvalue weighted by molar-refractivity contribution is 7.90. The first kappa shape index (κ1) is 21.4. The van der Waals surface area contributed by atoms with Crippen molar-refractivity contribution in [2.45, 2.75) is 11.4 Å². The van der Waals surface area contributed by atoms with E-state index < -0.39 is 15.7 Å². The molecular weight excluding hydrogens is 445 g/mol. The van der Waals surface area contributed by atoms with Crippen LogP contribution in [0.25, 0.3) is 22.3 Å². The average molecular weight is 468 g/mol. The van der Waals surface area contributed by atoms with Crippen LogP contribution in [0, 0.1) is 5.82 Å². The standard InChI is InChI=1S/C22H22FN7O2S/c1-33(31,32)17-3-2-15(18(23)10-17)14-29-6-8-30(9-7-29)22-21(16-11-25-26-12-16)27-20-13-24-5-4-19(20)28-22/h2-5,10-13H,6-9,14H2,1H3,(H,25,26). The topological polar surface area (TPSA) is 108 Å². The fraction of sp³-hybridized carbons (Fsp3) is 0.273. The van der Waals surface area contributed by atoms with Crippen LogP contribution in [0.4, 0.5) is 10.2 Å². The quantitative estimate of drug-likeness (QED) is 0.476. The summed E-state index contributed by atoms with van der Waals surface area (Å²) >= 11 is 0. The minimum Gasteiger partial charge on any atom is -0.352 e. The predicted octanol–water partition coefficient (Wildman–Crippen LogP) is 2.28. The Balaban J connectivity index is 1.35. The van der Waals surface area contributed by atoms with Crippen LogP contribution in [0.2, 0.25) is 0 Å². The lowest BCUT2D eigenvalue weighted by molar-refractivity contribution is 0.246. The van der Waals surface area contributed by atoms with Gasteiger partial charge in [0.05, 0.1) is 22.8 Å². The van der Waals surface area contributed by atoms with Gasteiger partial charge in [-0.15, -0.1) is 0 Å². The van der Waals surface area contributed by atoms with Crippen molar-refractivity contribution < 1.29 is 12.8 Å². The third-order valence-corrected chi connectivity index (χ3v) is 6.85. The molecule has 170 valence electrons. The van der Waals surface area contributed by atoms with Gasteiger partial charge in [-0.25, -0.2) is 22.8 Å². The third kappa shape index (κ3) is 4.41. The Kier molecular flexibility index (Phi) is 5.51. The number of halogens is 1. The number of sulfone groups is 1. The van der Waals surface area contributed by atoms with Gasteiger partial charge >= 0.3 is 0 Å². The summed E-state index contributed by atoms with van der Waals surface area (Å²) in [6.07, 6.45) is 7.96. The Morgan fingerprint density at radius 2 is 1.88 bits per heavy atom. The summed E-state index contributed by atoms with van der Waals surface area (Å²) in [6.45, 7) is 3.20. The van der Waals surface area contributed by atoms with E-state index in [-0.39, 0.29) is 4.90 Å². The van der Waals surface area contributed by atoms with Crippen molar-refractivity contribution in [1.82, 2.24) is 30.0 Å². The molecule has 0 unspecified atom stereocenters. The molecule has 1 saturated heterocycles. The summed E-state index contributed by atoms with van der Waals surface area (Å²) in [7, 11) is -3.44. The van der Waals surface area contributed by atoms with E-state index in [9.17, 15) is 12.8 Å². The van der Waals surface area contributed by atoms with Crippen LogP contribution in [0.15, 0.2) is 53.9 Å². The number of piperazine rings is 1. The van der Waals surface area contributed by atoms with Crippen LogP contribution in [0.5, 0.6) is 0 Å². The number of pyridine rings is 1. The lowest BCUT2D eigenvalue weighted by Gasteiger charge is -2.36. The number of anilines is 1. The summed E-state index contributed by atoms with van der Waals surface area (Å²) in [5.41, 5.74) is 3.54. The van der Waals surface area contributed by atoms with E-state index in [0.29, 0.717) is 43.8 Å². The molecule has 0 bridgehead atoms. The van der Waals surface area contributed by atoms with Gasteiger partial charge in [0.2, 0.25) is 0 Å². The minimum absolute atomic E-state index is 0.00887. The Bertz CT molecular complexity index is 1400. The summed E-state index contributed by atoms with van der Waals surface area (Å²) in [6, 6.07) is 5.94. The molecule has 1 aromatic carbocycles. The number of benzene rings is 1. The van der Waals surface area contributed by atoms with Gasteiger partial charge in [0, 0.05) is 62.5 Å². The monoisotopic (exact) mass is 467 g/mol. The number of aromatic nitrogens is 5. The van der Waals surface area contributed by atoms with Gasteiger partial charge in [0.25, 0.3) is 0 Å². The molecule has 0 aliphatic carbocycles. The second-order valence-corrected chi connectivity index (χ2v) is 10.1. The van der Waals surface area contributed by atoms with Crippen molar-refractivity contribution >= 4 is 26.7 Å². The number of aromatic amines is 1. The normalized spacial score (nSPS) is 15.3. The van der Waals surface area contributed by atoms with Gasteiger partial charge in [-0.1, -0.05) is 6.07 Å². The number of nitrogens with zero attached hydrogens (tertiary/aromatic N) is 6. The summed E-state index contributed by atoms with van der Waals surface area (Å²) in [5.74, 6) is 0.273. The first-order valence-corrected chi connectivity index (χ1v) is 12.3. The van der Waals surface area contributed by atoms with Crippen LogP contribution < -0.4 is 4.90 Å². The van der Waals surface area contributed by atoms with Crippen molar-refractivity contribution in [3.63, 3.8) is 0 Å². The van der Waals surface area contributed by atoms with E-state index in [0.717, 1.165) is 34.9 Å². The van der Waals surface area contributed by atoms with Gasteiger partial charge in [-0.2, -0.15) is 5.10 Å². The largest absolute Gasteiger partial charge is 0.352 e. The molecule has 5 rings (SSSR count).